The van der Waals surface area contributed by atoms with Gasteiger partial charge in [-0.05, 0) is 20.0 Å². The van der Waals surface area contributed by atoms with Gasteiger partial charge in [0.05, 0.1) is 5.56 Å². The zero-order valence-corrected chi connectivity index (χ0v) is 12.8. The molecule has 1 saturated heterocycles. The van der Waals surface area contributed by atoms with Crippen LogP contribution in [0.4, 0.5) is 5.82 Å². The van der Waals surface area contributed by atoms with E-state index in [2.05, 4.69) is 33.9 Å². The number of nitrogen functional groups attached to an aromatic ring is 1. The van der Waals surface area contributed by atoms with Crippen molar-refractivity contribution < 1.29 is 0 Å². The van der Waals surface area contributed by atoms with Crippen LogP contribution in [-0.4, -0.2) is 59.5 Å². The molecule has 2 rings (SSSR count). The summed E-state index contributed by atoms with van der Waals surface area (Å²) >= 11 is 0. The van der Waals surface area contributed by atoms with Crippen LogP contribution in [0.3, 0.4) is 0 Å². The molecule has 6 nitrogen and oxygen atoms in total. The van der Waals surface area contributed by atoms with Gasteiger partial charge in [0.2, 0.25) is 0 Å². The SMILES string of the molecule is CC(C)c1c(N)nc(CC2CN(C)CCN2C)[nH]c1=O. The lowest BCUT2D eigenvalue weighted by molar-refractivity contribution is 0.113. The third-order valence-electron chi connectivity index (χ3n) is 4.02. The zero-order valence-electron chi connectivity index (χ0n) is 12.8. The molecule has 1 aromatic rings. The Labute approximate surface area is 120 Å². The first-order valence-electron chi connectivity index (χ1n) is 7.15. The van der Waals surface area contributed by atoms with E-state index in [1.54, 1.807) is 0 Å². The number of hydrogen-bond acceptors (Lipinski definition) is 5. The van der Waals surface area contributed by atoms with Crippen LogP contribution in [0.15, 0.2) is 4.79 Å². The number of nitrogens with two attached hydrogens (primary N) is 1. The fourth-order valence-electron chi connectivity index (χ4n) is 2.75. The van der Waals surface area contributed by atoms with Crippen LogP contribution < -0.4 is 11.3 Å². The molecule has 0 spiro atoms. The molecule has 0 bridgehead atoms. The Morgan fingerprint density at radius 2 is 2.10 bits per heavy atom. The molecule has 20 heavy (non-hydrogen) atoms. The Bertz CT molecular complexity index is 525. The van der Waals surface area contributed by atoms with Gasteiger partial charge in [-0.15, -0.1) is 0 Å². The molecule has 3 N–H and O–H groups in total. The molecule has 1 aromatic heterocycles. The highest BCUT2D eigenvalue weighted by molar-refractivity contribution is 5.39. The lowest BCUT2D eigenvalue weighted by Gasteiger charge is -2.37. The number of hydrogen-bond donors (Lipinski definition) is 2. The monoisotopic (exact) mass is 279 g/mol. The molecule has 1 unspecified atom stereocenters. The van der Waals surface area contributed by atoms with Gasteiger partial charge in [-0.2, -0.15) is 0 Å². The number of rotatable bonds is 3. The van der Waals surface area contributed by atoms with Crippen LogP contribution in [0.25, 0.3) is 0 Å². The number of likely N-dealkylation sites (N-methyl/N-ethyl adjacent to an activating group) is 2. The van der Waals surface area contributed by atoms with Gasteiger partial charge < -0.3 is 20.5 Å². The van der Waals surface area contributed by atoms with Gasteiger partial charge in [0.1, 0.15) is 11.6 Å². The van der Waals surface area contributed by atoms with Crippen molar-refractivity contribution in [2.24, 2.45) is 0 Å². The summed E-state index contributed by atoms with van der Waals surface area (Å²) in [6.45, 7) is 6.99. The third kappa shape index (κ3) is 3.19. The maximum atomic E-state index is 12.1. The number of aromatic nitrogens is 2. The molecule has 1 fully saturated rings. The molecule has 0 aromatic carbocycles. The maximum Gasteiger partial charge on any atom is 0.256 e. The van der Waals surface area contributed by atoms with E-state index in [0.717, 1.165) is 26.1 Å². The summed E-state index contributed by atoms with van der Waals surface area (Å²) in [6, 6.07) is 0.362. The van der Waals surface area contributed by atoms with Crippen LogP contribution in [0.1, 0.15) is 31.2 Å². The minimum absolute atomic E-state index is 0.0868. The van der Waals surface area contributed by atoms with E-state index in [0.29, 0.717) is 23.2 Å². The molecule has 0 saturated carbocycles. The second-order valence-corrected chi connectivity index (χ2v) is 6.07. The Morgan fingerprint density at radius 3 is 2.70 bits per heavy atom. The molecule has 0 radical (unpaired) electrons. The minimum Gasteiger partial charge on any atom is -0.383 e. The first-order chi connectivity index (χ1) is 9.38. The molecule has 0 amide bonds. The summed E-state index contributed by atoms with van der Waals surface area (Å²) in [5.74, 6) is 1.14. The van der Waals surface area contributed by atoms with E-state index >= 15 is 0 Å². The van der Waals surface area contributed by atoms with E-state index in [9.17, 15) is 4.79 Å². The van der Waals surface area contributed by atoms with Crippen LogP contribution >= 0.6 is 0 Å². The van der Waals surface area contributed by atoms with E-state index in [-0.39, 0.29) is 11.5 Å². The average Bonchev–Trinajstić information content (AvgIpc) is 2.32. The van der Waals surface area contributed by atoms with Crippen molar-refractivity contribution >= 4 is 5.82 Å². The van der Waals surface area contributed by atoms with Gasteiger partial charge >= 0.3 is 0 Å². The molecule has 1 atom stereocenters. The highest BCUT2D eigenvalue weighted by Crippen LogP contribution is 2.16. The molecular weight excluding hydrogens is 254 g/mol. The second-order valence-electron chi connectivity index (χ2n) is 6.07. The van der Waals surface area contributed by atoms with Crippen molar-refractivity contribution in [2.45, 2.75) is 32.2 Å². The van der Waals surface area contributed by atoms with Crippen LogP contribution in [0.5, 0.6) is 0 Å². The number of anilines is 1. The standard InChI is InChI=1S/C14H25N5O/c1-9(2)12-13(15)16-11(17-14(12)20)7-10-8-18(3)5-6-19(10)4/h9-10H,5-8H2,1-4H3,(H3,15,16,17,20). The van der Waals surface area contributed by atoms with Gasteiger partial charge in [-0.3, -0.25) is 4.79 Å². The quantitative estimate of drug-likeness (QED) is 0.830. The zero-order chi connectivity index (χ0) is 14.9. The van der Waals surface area contributed by atoms with Gasteiger partial charge in [-0.1, -0.05) is 13.8 Å². The number of aromatic amines is 1. The fraction of sp³-hybridized carbons (Fsp3) is 0.714. The molecule has 6 heteroatoms. The first-order valence-corrected chi connectivity index (χ1v) is 7.15. The number of H-pyrrole nitrogens is 1. The number of nitrogens with one attached hydrogen (secondary N) is 1. The topological polar surface area (TPSA) is 78.2 Å². The second kappa shape index (κ2) is 5.93. The summed E-state index contributed by atoms with van der Waals surface area (Å²) in [4.78, 5) is 24.0. The summed E-state index contributed by atoms with van der Waals surface area (Å²) in [5, 5.41) is 0. The van der Waals surface area contributed by atoms with Gasteiger partial charge in [0.25, 0.3) is 5.56 Å². The predicted molar refractivity (Wildman–Crippen MR) is 81.0 cm³/mol. The van der Waals surface area contributed by atoms with Crippen molar-refractivity contribution in [3.63, 3.8) is 0 Å². The van der Waals surface area contributed by atoms with Gasteiger partial charge in [0.15, 0.2) is 0 Å². The smallest absolute Gasteiger partial charge is 0.256 e. The van der Waals surface area contributed by atoms with Gasteiger partial charge in [0, 0.05) is 32.1 Å². The van der Waals surface area contributed by atoms with Crippen LogP contribution in [0.2, 0.25) is 0 Å². The number of nitrogens with zero attached hydrogens (tertiary/aromatic N) is 3. The molecule has 2 heterocycles. The van der Waals surface area contributed by atoms with Crippen molar-refractivity contribution in [2.75, 3.05) is 39.5 Å². The van der Waals surface area contributed by atoms with E-state index in [1.165, 1.54) is 0 Å². The summed E-state index contributed by atoms with van der Waals surface area (Å²) in [6.07, 6.45) is 0.721. The van der Waals surface area contributed by atoms with Crippen molar-refractivity contribution in [3.8, 4) is 0 Å². The minimum atomic E-state index is -0.102. The Kier molecular flexibility index (Phi) is 4.45. The first kappa shape index (κ1) is 15.0. The lowest BCUT2D eigenvalue weighted by atomic mass is 10.1. The largest absolute Gasteiger partial charge is 0.383 e. The normalized spacial score (nSPS) is 21.6. The van der Waals surface area contributed by atoms with E-state index in [4.69, 9.17) is 5.73 Å². The average molecular weight is 279 g/mol. The summed E-state index contributed by atoms with van der Waals surface area (Å²) in [5.41, 5.74) is 6.42. The van der Waals surface area contributed by atoms with Crippen LogP contribution in [-0.2, 0) is 6.42 Å². The maximum absolute atomic E-state index is 12.1. The van der Waals surface area contributed by atoms with Crippen LogP contribution in [0, 0.1) is 0 Å². The number of piperazine rings is 1. The molecular formula is C14H25N5O. The summed E-state index contributed by atoms with van der Waals surface area (Å²) < 4.78 is 0. The molecule has 1 aliphatic rings. The Morgan fingerprint density at radius 1 is 1.40 bits per heavy atom. The van der Waals surface area contributed by atoms with E-state index in [1.807, 2.05) is 13.8 Å². The third-order valence-corrected chi connectivity index (χ3v) is 4.02. The fourth-order valence-corrected chi connectivity index (χ4v) is 2.75. The Balaban J connectivity index is 2.20. The van der Waals surface area contributed by atoms with Gasteiger partial charge in [-0.25, -0.2) is 4.98 Å². The molecule has 0 aliphatic carbocycles. The lowest BCUT2D eigenvalue weighted by Crippen LogP contribution is -2.51. The Hall–Kier alpha value is -1.40. The van der Waals surface area contributed by atoms with Crippen molar-refractivity contribution in [1.29, 1.82) is 0 Å². The van der Waals surface area contributed by atoms with E-state index < -0.39 is 0 Å². The summed E-state index contributed by atoms with van der Waals surface area (Å²) in [7, 11) is 4.23. The molecule has 112 valence electrons. The highest BCUT2D eigenvalue weighted by Gasteiger charge is 2.23. The highest BCUT2D eigenvalue weighted by atomic mass is 16.1. The van der Waals surface area contributed by atoms with Crippen molar-refractivity contribution in [3.05, 3.63) is 21.7 Å². The van der Waals surface area contributed by atoms with Crippen molar-refractivity contribution in [1.82, 2.24) is 19.8 Å². The molecule has 1 aliphatic heterocycles. The predicted octanol–water partition coefficient (Wildman–Crippen LogP) is 0.264.